The predicted molar refractivity (Wildman–Crippen MR) is 45.3 cm³/mol. The third kappa shape index (κ3) is 5.21. The van der Waals surface area contributed by atoms with Crippen LogP contribution in [0.5, 0.6) is 0 Å². The van der Waals surface area contributed by atoms with Gasteiger partial charge < -0.3 is 16.6 Å². The molecule has 0 radical (unpaired) electrons. The standard InChI is InChI=1S/C6H12N4O2/c7-4(5(11)12)2-1-3-10-6(8)9/h7H,1-3H2,(H,11,12)(H4,8,9,10). The predicted octanol–water partition coefficient (Wildman–Crippen LogP) is -0.856. The summed E-state index contributed by atoms with van der Waals surface area (Å²) in [5.41, 5.74) is 9.74. The molecule has 0 aliphatic rings. The first kappa shape index (κ1) is 10.4. The molecule has 0 aromatic heterocycles. The Morgan fingerprint density at radius 1 is 1.50 bits per heavy atom. The van der Waals surface area contributed by atoms with Gasteiger partial charge in [0, 0.05) is 6.54 Å². The largest absolute Gasteiger partial charge is 0.477 e. The molecule has 0 spiro atoms. The molecule has 12 heavy (non-hydrogen) atoms. The van der Waals surface area contributed by atoms with Crippen LogP contribution in [0.25, 0.3) is 0 Å². The molecule has 6 heteroatoms. The second-order valence-electron chi connectivity index (χ2n) is 2.19. The van der Waals surface area contributed by atoms with Crippen molar-refractivity contribution in [2.45, 2.75) is 12.8 Å². The summed E-state index contributed by atoms with van der Waals surface area (Å²) >= 11 is 0. The lowest BCUT2D eigenvalue weighted by molar-refractivity contribution is -0.129. The molecule has 0 bridgehead atoms. The average molecular weight is 172 g/mol. The summed E-state index contributed by atoms with van der Waals surface area (Å²) in [6.45, 7) is 0.359. The van der Waals surface area contributed by atoms with Crippen molar-refractivity contribution in [3.63, 3.8) is 0 Å². The van der Waals surface area contributed by atoms with Crippen LogP contribution in [0.4, 0.5) is 0 Å². The van der Waals surface area contributed by atoms with E-state index in [1.54, 1.807) is 0 Å². The van der Waals surface area contributed by atoms with E-state index < -0.39 is 5.97 Å². The fraction of sp³-hybridized carbons (Fsp3) is 0.500. The lowest BCUT2D eigenvalue weighted by Gasteiger charge is -1.95. The number of carboxylic acid groups (broad SMARTS) is 1. The Hall–Kier alpha value is -1.59. The van der Waals surface area contributed by atoms with Crippen LogP contribution >= 0.6 is 0 Å². The smallest absolute Gasteiger partial charge is 0.349 e. The van der Waals surface area contributed by atoms with Crippen molar-refractivity contribution in [2.24, 2.45) is 16.5 Å². The molecule has 0 aromatic carbocycles. The van der Waals surface area contributed by atoms with Gasteiger partial charge in [-0.15, -0.1) is 0 Å². The van der Waals surface area contributed by atoms with Gasteiger partial charge in [0.05, 0.1) is 0 Å². The first-order chi connectivity index (χ1) is 5.54. The molecule has 0 fully saturated rings. The Kier molecular flexibility index (Phi) is 4.43. The lowest BCUT2D eigenvalue weighted by Crippen LogP contribution is -2.23. The molecule has 0 aliphatic carbocycles. The molecule has 68 valence electrons. The van der Waals surface area contributed by atoms with E-state index in [-0.39, 0.29) is 18.1 Å². The van der Waals surface area contributed by atoms with Crippen LogP contribution in [-0.4, -0.2) is 29.3 Å². The minimum atomic E-state index is -1.19. The third-order valence-corrected chi connectivity index (χ3v) is 1.14. The summed E-state index contributed by atoms with van der Waals surface area (Å²) in [5.74, 6) is -1.21. The first-order valence-electron chi connectivity index (χ1n) is 3.40. The van der Waals surface area contributed by atoms with E-state index in [2.05, 4.69) is 4.99 Å². The van der Waals surface area contributed by atoms with E-state index in [9.17, 15) is 4.79 Å². The zero-order valence-electron chi connectivity index (χ0n) is 6.58. The Bertz CT molecular complexity index is 208. The zero-order valence-corrected chi connectivity index (χ0v) is 6.58. The number of rotatable bonds is 5. The van der Waals surface area contributed by atoms with Gasteiger partial charge in [-0.2, -0.15) is 0 Å². The maximum absolute atomic E-state index is 10.1. The Morgan fingerprint density at radius 3 is 2.50 bits per heavy atom. The van der Waals surface area contributed by atoms with Crippen LogP contribution in [0.3, 0.4) is 0 Å². The van der Waals surface area contributed by atoms with Crippen molar-refractivity contribution >= 4 is 17.6 Å². The van der Waals surface area contributed by atoms with Gasteiger partial charge in [-0.1, -0.05) is 0 Å². The van der Waals surface area contributed by atoms with Crippen LogP contribution in [-0.2, 0) is 4.79 Å². The number of carboxylic acids is 1. The van der Waals surface area contributed by atoms with Crippen molar-refractivity contribution in [1.82, 2.24) is 0 Å². The molecule has 0 heterocycles. The van der Waals surface area contributed by atoms with Crippen LogP contribution in [0, 0.1) is 5.41 Å². The van der Waals surface area contributed by atoms with Gasteiger partial charge in [-0.25, -0.2) is 4.79 Å². The number of nitrogens with zero attached hydrogens (tertiary/aromatic N) is 1. The summed E-state index contributed by atoms with van der Waals surface area (Å²) in [6, 6.07) is 0. The SMILES string of the molecule is N=C(CCCN=C(N)N)C(=O)O. The maximum Gasteiger partial charge on any atom is 0.349 e. The molecular formula is C6H12N4O2. The van der Waals surface area contributed by atoms with Crippen LogP contribution in [0.15, 0.2) is 4.99 Å². The summed E-state index contributed by atoms with van der Waals surface area (Å²) < 4.78 is 0. The van der Waals surface area contributed by atoms with Crippen molar-refractivity contribution in [1.29, 1.82) is 5.41 Å². The van der Waals surface area contributed by atoms with Crippen molar-refractivity contribution in [2.75, 3.05) is 6.54 Å². The maximum atomic E-state index is 10.1. The van der Waals surface area contributed by atoms with Gasteiger partial charge in [0.25, 0.3) is 0 Å². The van der Waals surface area contributed by atoms with Crippen molar-refractivity contribution in [3.05, 3.63) is 0 Å². The molecule has 0 aliphatic heterocycles. The van der Waals surface area contributed by atoms with Crippen molar-refractivity contribution < 1.29 is 9.90 Å². The minimum Gasteiger partial charge on any atom is -0.477 e. The highest BCUT2D eigenvalue weighted by atomic mass is 16.4. The van der Waals surface area contributed by atoms with Gasteiger partial charge in [0.1, 0.15) is 5.71 Å². The summed E-state index contributed by atoms with van der Waals surface area (Å²) in [5, 5.41) is 15.2. The number of nitrogens with two attached hydrogens (primary N) is 2. The number of guanidine groups is 1. The van der Waals surface area contributed by atoms with E-state index >= 15 is 0 Å². The number of carbonyl (C=O) groups is 1. The van der Waals surface area contributed by atoms with Gasteiger partial charge in [-0.3, -0.25) is 10.4 Å². The molecule has 0 saturated heterocycles. The van der Waals surface area contributed by atoms with Crippen LogP contribution < -0.4 is 11.5 Å². The number of hydrogen-bond acceptors (Lipinski definition) is 3. The number of aliphatic imine (C=N–C) groups is 1. The fourth-order valence-corrected chi connectivity index (χ4v) is 0.571. The normalized spacial score (nSPS) is 9.00. The highest BCUT2D eigenvalue weighted by Gasteiger charge is 2.04. The monoisotopic (exact) mass is 172 g/mol. The van der Waals surface area contributed by atoms with Gasteiger partial charge >= 0.3 is 5.97 Å². The van der Waals surface area contributed by atoms with E-state index in [1.807, 2.05) is 0 Å². The molecule has 0 aromatic rings. The lowest BCUT2D eigenvalue weighted by atomic mass is 10.2. The van der Waals surface area contributed by atoms with E-state index in [4.69, 9.17) is 22.0 Å². The number of nitrogens with one attached hydrogen (secondary N) is 1. The minimum absolute atomic E-state index is 0.0168. The molecule has 0 saturated carbocycles. The molecule has 0 amide bonds. The Labute approximate surface area is 69.8 Å². The van der Waals surface area contributed by atoms with Gasteiger partial charge in [0.2, 0.25) is 0 Å². The molecular weight excluding hydrogens is 160 g/mol. The summed E-state index contributed by atoms with van der Waals surface area (Å²) in [7, 11) is 0. The molecule has 0 unspecified atom stereocenters. The second-order valence-corrected chi connectivity index (χ2v) is 2.19. The first-order valence-corrected chi connectivity index (χ1v) is 3.40. The van der Waals surface area contributed by atoms with Crippen LogP contribution in [0.2, 0.25) is 0 Å². The van der Waals surface area contributed by atoms with Gasteiger partial charge in [0.15, 0.2) is 5.96 Å². The molecule has 0 rings (SSSR count). The zero-order chi connectivity index (χ0) is 9.56. The Morgan fingerprint density at radius 2 is 2.08 bits per heavy atom. The summed E-state index contributed by atoms with van der Waals surface area (Å²) in [4.78, 5) is 13.8. The molecule has 6 nitrogen and oxygen atoms in total. The second kappa shape index (κ2) is 5.11. The highest BCUT2D eigenvalue weighted by molar-refractivity contribution is 6.34. The molecule has 6 N–H and O–H groups in total. The Balaban J connectivity index is 3.51. The quantitative estimate of drug-likeness (QED) is 0.244. The number of aliphatic carboxylic acids is 1. The van der Waals surface area contributed by atoms with Crippen LogP contribution in [0.1, 0.15) is 12.8 Å². The molecule has 0 atom stereocenters. The van der Waals surface area contributed by atoms with E-state index in [0.29, 0.717) is 13.0 Å². The average Bonchev–Trinajstić information content (AvgIpc) is 1.97. The van der Waals surface area contributed by atoms with E-state index in [1.165, 1.54) is 0 Å². The third-order valence-electron chi connectivity index (χ3n) is 1.14. The van der Waals surface area contributed by atoms with Gasteiger partial charge in [-0.05, 0) is 12.8 Å². The topological polar surface area (TPSA) is 126 Å². The number of hydrogen-bond donors (Lipinski definition) is 4. The fourth-order valence-electron chi connectivity index (χ4n) is 0.571. The summed E-state index contributed by atoms with van der Waals surface area (Å²) in [6.07, 6.45) is 0.662. The highest BCUT2D eigenvalue weighted by Crippen LogP contribution is 1.91. The van der Waals surface area contributed by atoms with E-state index in [0.717, 1.165) is 0 Å². The van der Waals surface area contributed by atoms with Crippen molar-refractivity contribution in [3.8, 4) is 0 Å².